The van der Waals surface area contributed by atoms with Gasteiger partial charge in [-0.25, -0.2) is 12.8 Å². The molecule has 180 valence electrons. The van der Waals surface area contributed by atoms with Crippen LogP contribution in [0, 0.1) is 11.7 Å². The van der Waals surface area contributed by atoms with Gasteiger partial charge in [0.25, 0.3) is 5.91 Å². The van der Waals surface area contributed by atoms with E-state index in [0.717, 1.165) is 31.6 Å². The minimum Gasteiger partial charge on any atom is -0.371 e. The zero-order chi connectivity index (χ0) is 24.7. The molecule has 8 heteroatoms. The van der Waals surface area contributed by atoms with Crippen molar-refractivity contribution in [2.75, 3.05) is 18.0 Å². The van der Waals surface area contributed by atoms with Crippen molar-refractivity contribution < 1.29 is 22.4 Å². The molecule has 0 saturated carbocycles. The molecule has 0 aliphatic carbocycles. The van der Waals surface area contributed by atoms with Crippen LogP contribution in [0.25, 0.3) is 0 Å². The first-order valence-electron chi connectivity index (χ1n) is 11.6. The summed E-state index contributed by atoms with van der Waals surface area (Å²) in [5.41, 5.74) is 1.41. The number of ketones is 1. The number of benzene rings is 3. The minimum absolute atomic E-state index is 0.00192. The summed E-state index contributed by atoms with van der Waals surface area (Å²) in [7, 11) is -4.00. The van der Waals surface area contributed by atoms with E-state index in [0.29, 0.717) is 11.5 Å². The van der Waals surface area contributed by atoms with Crippen LogP contribution in [0.3, 0.4) is 0 Å². The van der Waals surface area contributed by atoms with Crippen molar-refractivity contribution in [1.29, 1.82) is 0 Å². The van der Waals surface area contributed by atoms with Gasteiger partial charge in [-0.05, 0) is 66.8 Å². The molecule has 3 aromatic rings. The molecule has 35 heavy (non-hydrogen) atoms. The molecular weight excluding hydrogens is 467 g/mol. The third kappa shape index (κ3) is 4.23. The molecule has 3 aromatic carbocycles. The highest BCUT2D eigenvalue weighted by Gasteiger charge is 2.38. The molecule has 1 N–H and O–H groups in total. The van der Waals surface area contributed by atoms with Crippen molar-refractivity contribution in [1.82, 2.24) is 5.32 Å². The van der Waals surface area contributed by atoms with Crippen LogP contribution in [0.2, 0.25) is 0 Å². The maximum atomic E-state index is 13.6. The molecule has 1 fully saturated rings. The van der Waals surface area contributed by atoms with E-state index in [9.17, 15) is 22.4 Å². The Balaban J connectivity index is 1.48. The van der Waals surface area contributed by atoms with E-state index >= 15 is 0 Å². The van der Waals surface area contributed by atoms with Gasteiger partial charge in [0.05, 0.1) is 20.9 Å². The molecule has 2 heterocycles. The fourth-order valence-corrected chi connectivity index (χ4v) is 6.39. The Morgan fingerprint density at radius 1 is 1.03 bits per heavy atom. The smallest absolute Gasteiger partial charge is 0.252 e. The average Bonchev–Trinajstić information content (AvgIpc) is 2.87. The number of sulfone groups is 1. The van der Waals surface area contributed by atoms with Crippen LogP contribution in [-0.2, 0) is 16.4 Å². The number of carbonyl (C=O) groups is 2. The van der Waals surface area contributed by atoms with E-state index in [1.807, 2.05) is 0 Å². The van der Waals surface area contributed by atoms with E-state index in [2.05, 4.69) is 17.1 Å². The summed E-state index contributed by atoms with van der Waals surface area (Å²) in [6, 6.07) is 14.9. The molecule has 0 unspecified atom stereocenters. The number of hydrogen-bond acceptors (Lipinski definition) is 5. The van der Waals surface area contributed by atoms with Gasteiger partial charge < -0.3 is 10.2 Å². The predicted octanol–water partition coefficient (Wildman–Crippen LogP) is 4.37. The highest BCUT2D eigenvalue weighted by atomic mass is 32.2. The first-order chi connectivity index (χ1) is 16.8. The molecule has 0 bridgehead atoms. The van der Waals surface area contributed by atoms with Crippen molar-refractivity contribution in [2.45, 2.75) is 36.1 Å². The van der Waals surface area contributed by atoms with Crippen LogP contribution in [-0.4, -0.2) is 33.2 Å². The average molecular weight is 493 g/mol. The summed E-state index contributed by atoms with van der Waals surface area (Å²) < 4.78 is 40.3. The highest BCUT2D eigenvalue weighted by molar-refractivity contribution is 7.91. The van der Waals surface area contributed by atoms with Crippen LogP contribution in [0.1, 0.15) is 51.6 Å². The second-order valence-corrected chi connectivity index (χ2v) is 11.1. The summed E-state index contributed by atoms with van der Waals surface area (Å²) in [4.78, 5) is 28.4. The highest BCUT2D eigenvalue weighted by Crippen LogP contribution is 2.38. The molecule has 0 radical (unpaired) electrons. The summed E-state index contributed by atoms with van der Waals surface area (Å²) in [5, 5.41) is 2.70. The van der Waals surface area contributed by atoms with E-state index in [-0.39, 0.29) is 38.8 Å². The lowest BCUT2D eigenvalue weighted by atomic mass is 9.96. The van der Waals surface area contributed by atoms with Crippen LogP contribution in [0.5, 0.6) is 0 Å². The predicted molar refractivity (Wildman–Crippen MR) is 130 cm³/mol. The number of carbonyl (C=O) groups excluding carboxylic acids is 2. The van der Waals surface area contributed by atoms with Crippen molar-refractivity contribution in [2.24, 2.45) is 5.92 Å². The number of nitrogens with zero attached hydrogens (tertiary/aromatic N) is 1. The number of nitrogens with one attached hydrogen (secondary N) is 1. The minimum atomic E-state index is -4.00. The third-order valence-corrected chi connectivity index (χ3v) is 8.64. The molecule has 6 nitrogen and oxygen atoms in total. The lowest BCUT2D eigenvalue weighted by Crippen LogP contribution is -2.33. The third-order valence-electron chi connectivity index (χ3n) is 6.80. The Labute approximate surface area is 203 Å². The molecule has 1 amide bonds. The normalized spacial score (nSPS) is 17.0. The Morgan fingerprint density at radius 3 is 2.46 bits per heavy atom. The maximum absolute atomic E-state index is 13.6. The zero-order valence-electron chi connectivity index (χ0n) is 19.3. The SMILES string of the molecule is CC1CCN(c2ccc3c(c2)S(=O)(=O)c2cccc(C(=O)NCc4ccc(F)cc4)c2C3=O)CC1. The van der Waals surface area contributed by atoms with Gasteiger partial charge in [-0.15, -0.1) is 0 Å². The van der Waals surface area contributed by atoms with E-state index in [1.54, 1.807) is 30.3 Å². The van der Waals surface area contributed by atoms with Crippen molar-refractivity contribution in [3.63, 3.8) is 0 Å². The molecular formula is C27H25FN2O4S. The van der Waals surface area contributed by atoms with Gasteiger partial charge in [-0.1, -0.05) is 25.1 Å². The van der Waals surface area contributed by atoms with Crippen LogP contribution in [0.15, 0.2) is 70.5 Å². The maximum Gasteiger partial charge on any atom is 0.252 e. The van der Waals surface area contributed by atoms with E-state index < -0.39 is 21.5 Å². The standard InChI is InChI=1S/C27H25FN2O4S/c1-17-11-13-30(14-12-17)20-9-10-21-24(15-20)35(33,34)23-4-2-3-22(25(23)26(21)31)27(32)29-16-18-5-7-19(28)8-6-18/h2-10,15,17H,11-14,16H2,1H3,(H,29,32). The summed E-state index contributed by atoms with van der Waals surface area (Å²) in [6.07, 6.45) is 2.06. The monoisotopic (exact) mass is 492 g/mol. The lowest BCUT2D eigenvalue weighted by Gasteiger charge is -2.33. The number of fused-ring (bicyclic) bond motifs is 2. The second-order valence-electron chi connectivity index (χ2n) is 9.17. The van der Waals surface area contributed by atoms with E-state index in [4.69, 9.17) is 0 Å². The van der Waals surface area contributed by atoms with Crippen molar-refractivity contribution in [3.05, 3.63) is 88.7 Å². The fourth-order valence-electron chi connectivity index (χ4n) is 4.70. The number of rotatable bonds is 4. The number of hydrogen-bond donors (Lipinski definition) is 1. The second kappa shape index (κ2) is 8.92. The number of amides is 1. The molecule has 5 rings (SSSR count). The Morgan fingerprint density at radius 2 is 1.74 bits per heavy atom. The molecule has 0 atom stereocenters. The van der Waals surface area contributed by atoms with Crippen LogP contribution in [0.4, 0.5) is 10.1 Å². The fraction of sp³-hybridized carbons (Fsp3) is 0.259. The summed E-state index contributed by atoms with van der Waals surface area (Å²) in [5.74, 6) is -0.813. The number of piperidine rings is 1. The van der Waals surface area contributed by atoms with Crippen molar-refractivity contribution >= 4 is 27.2 Å². The van der Waals surface area contributed by atoms with Crippen LogP contribution >= 0.6 is 0 Å². The van der Waals surface area contributed by atoms with Gasteiger partial charge in [0.15, 0.2) is 5.78 Å². The Kier molecular flexibility index (Phi) is 5.92. The first kappa shape index (κ1) is 23.2. The number of anilines is 1. The quantitative estimate of drug-likeness (QED) is 0.458. The summed E-state index contributed by atoms with van der Waals surface area (Å²) in [6.45, 7) is 3.99. The zero-order valence-corrected chi connectivity index (χ0v) is 20.1. The first-order valence-corrected chi connectivity index (χ1v) is 13.1. The Hall–Kier alpha value is -3.52. The van der Waals surface area contributed by atoms with E-state index in [1.165, 1.54) is 30.3 Å². The molecule has 2 aliphatic heterocycles. The van der Waals surface area contributed by atoms with Crippen molar-refractivity contribution in [3.8, 4) is 0 Å². The van der Waals surface area contributed by atoms with Gasteiger partial charge >= 0.3 is 0 Å². The van der Waals surface area contributed by atoms with Gasteiger partial charge in [-0.2, -0.15) is 0 Å². The topological polar surface area (TPSA) is 83.6 Å². The lowest BCUT2D eigenvalue weighted by molar-refractivity contribution is 0.0938. The van der Waals surface area contributed by atoms with Crippen LogP contribution < -0.4 is 10.2 Å². The molecule has 1 saturated heterocycles. The van der Waals surface area contributed by atoms with Gasteiger partial charge in [0.2, 0.25) is 9.84 Å². The molecule has 2 aliphatic rings. The van der Waals surface area contributed by atoms with Gasteiger partial charge in [0.1, 0.15) is 5.82 Å². The number of halogens is 1. The molecule has 0 aromatic heterocycles. The van der Waals surface area contributed by atoms with Gasteiger partial charge in [-0.3, -0.25) is 9.59 Å². The Bertz CT molecular complexity index is 1430. The molecule has 0 spiro atoms. The van der Waals surface area contributed by atoms with Gasteiger partial charge in [0, 0.05) is 30.9 Å². The largest absolute Gasteiger partial charge is 0.371 e. The summed E-state index contributed by atoms with van der Waals surface area (Å²) >= 11 is 0.